The summed E-state index contributed by atoms with van der Waals surface area (Å²) in [6, 6.07) is 8.01. The van der Waals surface area contributed by atoms with Crippen molar-refractivity contribution in [2.45, 2.75) is 39.2 Å². The van der Waals surface area contributed by atoms with Gasteiger partial charge >= 0.3 is 5.97 Å². The predicted octanol–water partition coefficient (Wildman–Crippen LogP) is 2.50. The molecule has 1 aliphatic carbocycles. The average molecular weight is 275 g/mol. The van der Waals surface area contributed by atoms with Crippen LogP contribution in [-0.2, 0) is 16.1 Å². The highest BCUT2D eigenvalue weighted by atomic mass is 16.4. The van der Waals surface area contributed by atoms with Crippen LogP contribution in [0.5, 0.6) is 0 Å². The van der Waals surface area contributed by atoms with Gasteiger partial charge in [-0.05, 0) is 31.7 Å². The van der Waals surface area contributed by atoms with Crippen molar-refractivity contribution in [1.29, 1.82) is 0 Å². The Balaban J connectivity index is 1.87. The van der Waals surface area contributed by atoms with Crippen molar-refractivity contribution in [1.82, 2.24) is 5.32 Å². The molecule has 4 nitrogen and oxygen atoms in total. The molecule has 1 amide bonds. The van der Waals surface area contributed by atoms with Gasteiger partial charge in [-0.2, -0.15) is 0 Å². The first kappa shape index (κ1) is 14.6. The maximum atomic E-state index is 12.1. The third-order valence-corrected chi connectivity index (χ3v) is 3.94. The van der Waals surface area contributed by atoms with Crippen LogP contribution in [0, 0.1) is 18.8 Å². The molecule has 0 radical (unpaired) electrons. The Morgan fingerprint density at radius 2 is 2.05 bits per heavy atom. The fourth-order valence-corrected chi connectivity index (χ4v) is 2.81. The van der Waals surface area contributed by atoms with Crippen LogP contribution in [0.4, 0.5) is 0 Å². The summed E-state index contributed by atoms with van der Waals surface area (Å²) in [5.41, 5.74) is 2.24. The number of benzene rings is 1. The lowest BCUT2D eigenvalue weighted by molar-refractivity contribution is -0.144. The number of hydrogen-bond acceptors (Lipinski definition) is 2. The van der Waals surface area contributed by atoms with Gasteiger partial charge in [0, 0.05) is 12.5 Å². The number of nitrogens with one attached hydrogen (secondary N) is 1. The Hall–Kier alpha value is -1.84. The largest absolute Gasteiger partial charge is 0.481 e. The molecule has 108 valence electrons. The van der Waals surface area contributed by atoms with Crippen LogP contribution < -0.4 is 5.32 Å². The summed E-state index contributed by atoms with van der Waals surface area (Å²) in [7, 11) is 0. The van der Waals surface area contributed by atoms with E-state index >= 15 is 0 Å². The molecule has 0 heterocycles. The van der Waals surface area contributed by atoms with Gasteiger partial charge in [-0.3, -0.25) is 9.59 Å². The predicted molar refractivity (Wildman–Crippen MR) is 76.1 cm³/mol. The van der Waals surface area contributed by atoms with E-state index in [4.69, 9.17) is 5.11 Å². The number of hydrogen-bond donors (Lipinski definition) is 2. The minimum Gasteiger partial charge on any atom is -0.481 e. The lowest BCUT2D eigenvalue weighted by atomic mass is 9.81. The van der Waals surface area contributed by atoms with Crippen molar-refractivity contribution in [2.24, 2.45) is 11.8 Å². The Bertz CT molecular complexity index is 498. The van der Waals surface area contributed by atoms with Crippen molar-refractivity contribution < 1.29 is 14.7 Å². The summed E-state index contributed by atoms with van der Waals surface area (Å²) in [6.07, 6.45) is 2.77. The monoisotopic (exact) mass is 275 g/mol. The fraction of sp³-hybridized carbons (Fsp3) is 0.500. The van der Waals surface area contributed by atoms with E-state index in [1.807, 2.05) is 31.2 Å². The zero-order valence-corrected chi connectivity index (χ0v) is 11.8. The standard InChI is InChI=1S/C16H21NO3/c1-11-4-2-5-12(8-11)10-17-15(18)13-6-3-7-14(9-13)16(19)20/h2,4-5,8,13-14H,3,6-7,9-10H2,1H3,(H,17,18)(H,19,20)/t13-,14+/m0/s1. The van der Waals surface area contributed by atoms with Gasteiger partial charge in [0.25, 0.3) is 0 Å². The Labute approximate surface area is 119 Å². The fourth-order valence-electron chi connectivity index (χ4n) is 2.81. The number of aryl methyl sites for hydroxylation is 1. The van der Waals surface area contributed by atoms with Gasteiger partial charge in [-0.15, -0.1) is 0 Å². The van der Waals surface area contributed by atoms with Crippen LogP contribution in [-0.4, -0.2) is 17.0 Å². The molecular weight excluding hydrogens is 254 g/mol. The second kappa shape index (κ2) is 6.55. The van der Waals surface area contributed by atoms with E-state index in [0.29, 0.717) is 19.4 Å². The van der Waals surface area contributed by atoms with Gasteiger partial charge in [-0.25, -0.2) is 0 Å². The van der Waals surface area contributed by atoms with Crippen molar-refractivity contribution in [3.05, 3.63) is 35.4 Å². The molecule has 1 fully saturated rings. The number of amides is 1. The Kier molecular flexibility index (Phi) is 4.77. The maximum absolute atomic E-state index is 12.1. The summed E-state index contributed by atoms with van der Waals surface area (Å²) >= 11 is 0. The average Bonchev–Trinajstić information content (AvgIpc) is 2.45. The van der Waals surface area contributed by atoms with Gasteiger partial charge in [0.15, 0.2) is 0 Å². The van der Waals surface area contributed by atoms with Crippen molar-refractivity contribution >= 4 is 11.9 Å². The minimum absolute atomic E-state index is 0.0162. The summed E-state index contributed by atoms with van der Waals surface area (Å²) < 4.78 is 0. The van der Waals surface area contributed by atoms with Crippen LogP contribution in [0.25, 0.3) is 0 Å². The Morgan fingerprint density at radius 1 is 1.30 bits per heavy atom. The minimum atomic E-state index is -0.777. The van der Waals surface area contributed by atoms with E-state index in [1.165, 1.54) is 5.56 Å². The highest BCUT2D eigenvalue weighted by Gasteiger charge is 2.30. The first-order chi connectivity index (χ1) is 9.56. The van der Waals surface area contributed by atoms with Crippen LogP contribution >= 0.6 is 0 Å². The molecule has 0 saturated heterocycles. The molecule has 2 atom stereocenters. The summed E-state index contributed by atoms with van der Waals surface area (Å²) in [6.45, 7) is 2.53. The molecule has 1 aliphatic rings. The van der Waals surface area contributed by atoms with Crippen molar-refractivity contribution in [3.63, 3.8) is 0 Å². The quantitative estimate of drug-likeness (QED) is 0.887. The van der Waals surface area contributed by atoms with E-state index in [0.717, 1.165) is 18.4 Å². The smallest absolute Gasteiger partial charge is 0.306 e. The normalized spacial score (nSPS) is 22.2. The molecule has 20 heavy (non-hydrogen) atoms. The van der Waals surface area contributed by atoms with Crippen LogP contribution in [0.1, 0.15) is 36.8 Å². The molecule has 2 N–H and O–H groups in total. The van der Waals surface area contributed by atoms with Gasteiger partial charge < -0.3 is 10.4 Å². The zero-order valence-electron chi connectivity index (χ0n) is 11.8. The number of carbonyl (C=O) groups excluding carboxylic acids is 1. The topological polar surface area (TPSA) is 66.4 Å². The first-order valence-electron chi connectivity index (χ1n) is 7.12. The molecule has 0 bridgehead atoms. The molecule has 4 heteroatoms. The lowest BCUT2D eigenvalue weighted by Gasteiger charge is -2.25. The van der Waals surface area contributed by atoms with Crippen LogP contribution in [0.15, 0.2) is 24.3 Å². The molecule has 1 aromatic rings. The number of carboxylic acid groups (broad SMARTS) is 1. The second-order valence-electron chi connectivity index (χ2n) is 5.61. The number of rotatable bonds is 4. The number of carbonyl (C=O) groups is 2. The van der Waals surface area contributed by atoms with Crippen LogP contribution in [0.3, 0.4) is 0 Å². The molecule has 0 spiro atoms. The molecule has 0 unspecified atom stereocenters. The zero-order chi connectivity index (χ0) is 14.5. The highest BCUT2D eigenvalue weighted by Crippen LogP contribution is 2.29. The third-order valence-electron chi connectivity index (χ3n) is 3.94. The highest BCUT2D eigenvalue weighted by molar-refractivity contribution is 5.80. The second-order valence-corrected chi connectivity index (χ2v) is 5.61. The van der Waals surface area contributed by atoms with E-state index in [1.54, 1.807) is 0 Å². The summed E-state index contributed by atoms with van der Waals surface area (Å²) in [5, 5.41) is 12.0. The first-order valence-corrected chi connectivity index (χ1v) is 7.12. The van der Waals surface area contributed by atoms with E-state index < -0.39 is 5.97 Å². The van der Waals surface area contributed by atoms with E-state index in [9.17, 15) is 9.59 Å². The molecule has 0 aliphatic heterocycles. The molecule has 2 rings (SSSR count). The molecular formula is C16H21NO3. The lowest BCUT2D eigenvalue weighted by Crippen LogP contribution is -2.35. The maximum Gasteiger partial charge on any atom is 0.306 e. The molecule has 1 saturated carbocycles. The number of carboxylic acids is 1. The van der Waals surface area contributed by atoms with Gasteiger partial charge in [0.1, 0.15) is 0 Å². The SMILES string of the molecule is Cc1cccc(CNC(=O)[C@H]2CCC[C@@H](C(=O)O)C2)c1. The van der Waals surface area contributed by atoms with Crippen LogP contribution in [0.2, 0.25) is 0 Å². The molecule has 1 aromatic carbocycles. The Morgan fingerprint density at radius 3 is 2.75 bits per heavy atom. The van der Waals surface area contributed by atoms with E-state index in [-0.39, 0.29) is 17.7 Å². The third kappa shape index (κ3) is 3.83. The van der Waals surface area contributed by atoms with Gasteiger partial charge in [-0.1, -0.05) is 36.2 Å². The van der Waals surface area contributed by atoms with E-state index in [2.05, 4.69) is 5.32 Å². The van der Waals surface area contributed by atoms with Gasteiger partial charge in [0.05, 0.1) is 5.92 Å². The molecule has 0 aromatic heterocycles. The summed E-state index contributed by atoms with van der Waals surface area (Å²) in [4.78, 5) is 23.1. The number of aliphatic carboxylic acids is 1. The van der Waals surface area contributed by atoms with Crippen molar-refractivity contribution in [2.75, 3.05) is 0 Å². The summed E-state index contributed by atoms with van der Waals surface area (Å²) in [5.74, 6) is -1.31. The van der Waals surface area contributed by atoms with Gasteiger partial charge in [0.2, 0.25) is 5.91 Å². The van der Waals surface area contributed by atoms with Crippen molar-refractivity contribution in [3.8, 4) is 0 Å².